The molecule has 2 rings (SSSR count). The SMILES string of the molecule is CCCC(CN)N1CCCC1C1CCCC1. The van der Waals surface area contributed by atoms with Crippen molar-refractivity contribution in [2.45, 2.75) is 70.4 Å². The first kappa shape index (κ1) is 12.4. The van der Waals surface area contributed by atoms with Gasteiger partial charge in [-0.15, -0.1) is 0 Å². The third kappa shape index (κ3) is 2.60. The molecule has 2 heteroatoms. The summed E-state index contributed by atoms with van der Waals surface area (Å²) in [7, 11) is 0. The Hall–Kier alpha value is -0.0800. The van der Waals surface area contributed by atoms with Gasteiger partial charge in [-0.25, -0.2) is 0 Å². The number of nitrogens with two attached hydrogens (primary N) is 1. The van der Waals surface area contributed by atoms with Crippen LogP contribution in [0.15, 0.2) is 0 Å². The molecule has 0 spiro atoms. The van der Waals surface area contributed by atoms with Crippen molar-refractivity contribution in [1.82, 2.24) is 4.90 Å². The first-order chi connectivity index (χ1) is 7.86. The molecule has 1 heterocycles. The van der Waals surface area contributed by atoms with Crippen molar-refractivity contribution in [1.29, 1.82) is 0 Å². The van der Waals surface area contributed by atoms with Crippen LogP contribution in [0.4, 0.5) is 0 Å². The Morgan fingerprint density at radius 2 is 1.94 bits per heavy atom. The van der Waals surface area contributed by atoms with Crippen molar-refractivity contribution in [2.75, 3.05) is 13.1 Å². The van der Waals surface area contributed by atoms with Gasteiger partial charge in [0, 0.05) is 18.6 Å². The smallest absolute Gasteiger partial charge is 0.0221 e. The van der Waals surface area contributed by atoms with Crippen LogP contribution in [0.1, 0.15) is 58.3 Å². The molecule has 2 aliphatic rings. The summed E-state index contributed by atoms with van der Waals surface area (Å²) in [5.74, 6) is 0.994. The third-order valence-corrected chi connectivity index (χ3v) is 4.65. The van der Waals surface area contributed by atoms with Crippen molar-refractivity contribution >= 4 is 0 Å². The normalized spacial score (nSPS) is 30.0. The standard InChI is InChI=1S/C14H28N2/c1-2-6-13(11-15)16-10-5-9-14(16)12-7-3-4-8-12/h12-14H,2-11,15H2,1H3. The first-order valence-electron chi connectivity index (χ1n) is 7.32. The molecule has 1 aliphatic heterocycles. The molecule has 2 atom stereocenters. The van der Waals surface area contributed by atoms with Crippen molar-refractivity contribution < 1.29 is 0 Å². The van der Waals surface area contributed by atoms with Crippen LogP contribution in [0.2, 0.25) is 0 Å². The van der Waals surface area contributed by atoms with Crippen LogP contribution in [0.5, 0.6) is 0 Å². The van der Waals surface area contributed by atoms with E-state index < -0.39 is 0 Å². The average Bonchev–Trinajstić information content (AvgIpc) is 2.94. The summed E-state index contributed by atoms with van der Waals surface area (Å²) < 4.78 is 0. The fourth-order valence-electron chi connectivity index (χ4n) is 3.87. The number of hydrogen-bond acceptors (Lipinski definition) is 2. The lowest BCUT2D eigenvalue weighted by molar-refractivity contribution is 0.131. The van der Waals surface area contributed by atoms with Crippen LogP contribution < -0.4 is 5.73 Å². The molecular formula is C14H28N2. The van der Waals surface area contributed by atoms with Gasteiger partial charge in [-0.3, -0.25) is 4.90 Å². The van der Waals surface area contributed by atoms with Crippen LogP contribution in [0.3, 0.4) is 0 Å². The molecule has 1 saturated carbocycles. The minimum atomic E-state index is 0.665. The van der Waals surface area contributed by atoms with Gasteiger partial charge in [0.2, 0.25) is 0 Å². The van der Waals surface area contributed by atoms with E-state index >= 15 is 0 Å². The van der Waals surface area contributed by atoms with E-state index in [0.717, 1.165) is 18.5 Å². The third-order valence-electron chi connectivity index (χ3n) is 4.65. The molecule has 0 aromatic rings. The summed E-state index contributed by atoms with van der Waals surface area (Å²) >= 11 is 0. The molecule has 0 aromatic heterocycles. The minimum absolute atomic E-state index is 0.665. The quantitative estimate of drug-likeness (QED) is 0.778. The summed E-state index contributed by atoms with van der Waals surface area (Å²) in [5, 5.41) is 0. The summed E-state index contributed by atoms with van der Waals surface area (Å²) in [6.45, 7) is 4.45. The summed E-state index contributed by atoms with van der Waals surface area (Å²) in [5.41, 5.74) is 5.96. The highest BCUT2D eigenvalue weighted by Gasteiger charge is 2.35. The first-order valence-corrected chi connectivity index (χ1v) is 7.32. The summed E-state index contributed by atoms with van der Waals surface area (Å²) in [6, 6.07) is 1.54. The van der Waals surface area contributed by atoms with Gasteiger partial charge in [0.05, 0.1) is 0 Å². The van der Waals surface area contributed by atoms with Crippen LogP contribution >= 0.6 is 0 Å². The maximum Gasteiger partial charge on any atom is 0.0221 e. The Bertz CT molecular complexity index is 199. The number of likely N-dealkylation sites (tertiary alicyclic amines) is 1. The topological polar surface area (TPSA) is 29.3 Å². The van der Waals surface area contributed by atoms with E-state index in [-0.39, 0.29) is 0 Å². The largest absolute Gasteiger partial charge is 0.329 e. The van der Waals surface area contributed by atoms with Crippen LogP contribution in [0.25, 0.3) is 0 Å². The van der Waals surface area contributed by atoms with Gasteiger partial charge in [-0.2, -0.15) is 0 Å². The van der Waals surface area contributed by atoms with E-state index in [9.17, 15) is 0 Å². The predicted molar refractivity (Wildman–Crippen MR) is 69.4 cm³/mol. The van der Waals surface area contributed by atoms with Gasteiger partial charge in [0.25, 0.3) is 0 Å². The average molecular weight is 224 g/mol. The molecule has 2 N–H and O–H groups in total. The highest BCUT2D eigenvalue weighted by atomic mass is 15.2. The second kappa shape index (κ2) is 6.02. The number of hydrogen-bond donors (Lipinski definition) is 1. The van der Waals surface area contributed by atoms with E-state index in [1.54, 1.807) is 0 Å². The van der Waals surface area contributed by atoms with E-state index in [1.165, 1.54) is 57.9 Å². The number of rotatable bonds is 5. The fraction of sp³-hybridized carbons (Fsp3) is 1.00. The molecule has 2 fully saturated rings. The monoisotopic (exact) mass is 224 g/mol. The molecule has 1 aliphatic carbocycles. The van der Waals surface area contributed by atoms with Crippen molar-refractivity contribution in [2.24, 2.45) is 11.7 Å². The number of nitrogens with zero attached hydrogens (tertiary/aromatic N) is 1. The highest BCUT2D eigenvalue weighted by Crippen LogP contribution is 2.36. The molecular weight excluding hydrogens is 196 g/mol. The van der Waals surface area contributed by atoms with E-state index in [0.29, 0.717) is 6.04 Å². The molecule has 0 bridgehead atoms. The van der Waals surface area contributed by atoms with Crippen LogP contribution in [-0.4, -0.2) is 30.1 Å². The van der Waals surface area contributed by atoms with E-state index in [4.69, 9.17) is 5.73 Å². The van der Waals surface area contributed by atoms with Crippen molar-refractivity contribution in [3.8, 4) is 0 Å². The summed E-state index contributed by atoms with van der Waals surface area (Å²) in [6.07, 6.45) is 11.3. The molecule has 0 radical (unpaired) electrons. The van der Waals surface area contributed by atoms with Gasteiger partial charge >= 0.3 is 0 Å². The zero-order chi connectivity index (χ0) is 11.4. The Balaban J connectivity index is 1.95. The van der Waals surface area contributed by atoms with E-state index in [2.05, 4.69) is 11.8 Å². The molecule has 16 heavy (non-hydrogen) atoms. The second-order valence-electron chi connectivity index (χ2n) is 5.67. The van der Waals surface area contributed by atoms with Gasteiger partial charge in [0.15, 0.2) is 0 Å². The van der Waals surface area contributed by atoms with Crippen molar-refractivity contribution in [3.63, 3.8) is 0 Å². The molecule has 2 unspecified atom stereocenters. The lowest BCUT2D eigenvalue weighted by atomic mass is 9.94. The zero-order valence-electron chi connectivity index (χ0n) is 10.8. The van der Waals surface area contributed by atoms with Crippen LogP contribution in [-0.2, 0) is 0 Å². The predicted octanol–water partition coefficient (Wildman–Crippen LogP) is 2.77. The lowest BCUT2D eigenvalue weighted by Crippen LogP contribution is -2.45. The maximum absolute atomic E-state index is 5.96. The lowest BCUT2D eigenvalue weighted by Gasteiger charge is -2.35. The zero-order valence-corrected chi connectivity index (χ0v) is 10.8. The Labute approximate surface area is 101 Å². The van der Waals surface area contributed by atoms with Gasteiger partial charge < -0.3 is 5.73 Å². The fourth-order valence-corrected chi connectivity index (χ4v) is 3.87. The molecule has 0 amide bonds. The Morgan fingerprint density at radius 1 is 1.19 bits per heavy atom. The van der Waals surface area contributed by atoms with Crippen LogP contribution in [0, 0.1) is 5.92 Å². The van der Waals surface area contributed by atoms with E-state index in [1.807, 2.05) is 0 Å². The molecule has 1 saturated heterocycles. The van der Waals surface area contributed by atoms with Gasteiger partial charge in [0.1, 0.15) is 0 Å². The second-order valence-corrected chi connectivity index (χ2v) is 5.67. The Kier molecular flexibility index (Phi) is 4.66. The van der Waals surface area contributed by atoms with Crippen molar-refractivity contribution in [3.05, 3.63) is 0 Å². The minimum Gasteiger partial charge on any atom is -0.329 e. The van der Waals surface area contributed by atoms with Gasteiger partial charge in [-0.1, -0.05) is 26.2 Å². The maximum atomic E-state index is 5.96. The Morgan fingerprint density at radius 3 is 2.56 bits per heavy atom. The molecule has 94 valence electrons. The summed E-state index contributed by atoms with van der Waals surface area (Å²) in [4.78, 5) is 2.76. The molecule has 0 aromatic carbocycles. The molecule has 2 nitrogen and oxygen atoms in total. The van der Waals surface area contributed by atoms with Gasteiger partial charge in [-0.05, 0) is 44.6 Å². The highest BCUT2D eigenvalue weighted by molar-refractivity contribution is 4.91.